The molecule has 1 amide bonds. The molecule has 0 radical (unpaired) electrons. The number of aromatic amines is 1. The lowest BCUT2D eigenvalue weighted by Crippen LogP contribution is -2.23. The lowest BCUT2D eigenvalue weighted by atomic mass is 10.1. The lowest BCUT2D eigenvalue weighted by molar-refractivity contribution is -0.137. The highest BCUT2D eigenvalue weighted by atomic mass is 35.5. The molecule has 0 spiro atoms. The normalized spacial score (nSPS) is 11.2. The Morgan fingerprint density at radius 1 is 1.13 bits per heavy atom. The van der Waals surface area contributed by atoms with Crippen LogP contribution < -0.4 is 5.32 Å². The van der Waals surface area contributed by atoms with E-state index in [-0.39, 0.29) is 28.5 Å². The quantitative estimate of drug-likeness (QED) is 0.646. The van der Waals surface area contributed by atoms with Gasteiger partial charge in [0.15, 0.2) is 6.61 Å². The number of hydrogen-bond acceptors (Lipinski definition) is 5. The summed E-state index contributed by atoms with van der Waals surface area (Å²) in [6, 6.07) is 2.85. The van der Waals surface area contributed by atoms with Gasteiger partial charge in [-0.3, -0.25) is 4.79 Å². The minimum absolute atomic E-state index is 0.0355. The lowest BCUT2D eigenvalue weighted by Gasteiger charge is -2.14. The molecular weight excluding hydrogens is 429 g/mol. The van der Waals surface area contributed by atoms with Crippen molar-refractivity contribution in [2.45, 2.75) is 26.9 Å². The van der Waals surface area contributed by atoms with Crippen molar-refractivity contribution in [1.29, 1.82) is 0 Å². The number of halogens is 4. The van der Waals surface area contributed by atoms with Crippen molar-refractivity contribution in [3.05, 3.63) is 51.3 Å². The van der Waals surface area contributed by atoms with E-state index in [4.69, 9.17) is 21.1 Å². The first-order chi connectivity index (χ1) is 14.0. The van der Waals surface area contributed by atoms with Gasteiger partial charge < -0.3 is 19.8 Å². The third kappa shape index (κ3) is 5.32. The predicted molar refractivity (Wildman–Crippen MR) is 102 cm³/mol. The molecule has 2 N–H and O–H groups in total. The molecule has 0 bridgehead atoms. The fourth-order valence-electron chi connectivity index (χ4n) is 2.71. The zero-order valence-electron chi connectivity index (χ0n) is 16.2. The summed E-state index contributed by atoms with van der Waals surface area (Å²) in [4.78, 5) is 39.0. The molecule has 0 aliphatic carbocycles. The number of benzene rings is 1. The Morgan fingerprint density at radius 3 is 2.40 bits per heavy atom. The van der Waals surface area contributed by atoms with Gasteiger partial charge in [-0.2, -0.15) is 13.2 Å². The molecule has 0 fully saturated rings. The first-order valence-electron chi connectivity index (χ1n) is 8.65. The van der Waals surface area contributed by atoms with Gasteiger partial charge in [-0.1, -0.05) is 11.6 Å². The summed E-state index contributed by atoms with van der Waals surface area (Å²) < 4.78 is 49.0. The van der Waals surface area contributed by atoms with E-state index in [0.29, 0.717) is 11.8 Å². The molecule has 0 saturated carbocycles. The minimum Gasteiger partial charge on any atom is -0.461 e. The van der Waals surface area contributed by atoms with Crippen LogP contribution in [0.2, 0.25) is 5.02 Å². The van der Waals surface area contributed by atoms with E-state index in [1.807, 2.05) is 5.32 Å². The first-order valence-corrected chi connectivity index (χ1v) is 9.03. The van der Waals surface area contributed by atoms with Crippen molar-refractivity contribution in [3.8, 4) is 0 Å². The molecule has 11 heteroatoms. The Bertz CT molecular complexity index is 985. The van der Waals surface area contributed by atoms with Gasteiger partial charge in [-0.05, 0) is 44.5 Å². The second-order valence-electron chi connectivity index (χ2n) is 6.16. The molecule has 1 aromatic heterocycles. The van der Waals surface area contributed by atoms with Gasteiger partial charge in [0.2, 0.25) is 0 Å². The predicted octanol–water partition coefficient (Wildman–Crippen LogP) is 4.28. The number of carbonyl (C=O) groups is 3. The van der Waals surface area contributed by atoms with Gasteiger partial charge in [-0.25, -0.2) is 9.59 Å². The van der Waals surface area contributed by atoms with E-state index in [1.54, 1.807) is 6.92 Å². The van der Waals surface area contributed by atoms with Crippen LogP contribution in [0.15, 0.2) is 18.2 Å². The number of rotatable bonds is 6. The van der Waals surface area contributed by atoms with Gasteiger partial charge in [0, 0.05) is 10.7 Å². The number of esters is 2. The Balaban J connectivity index is 2.10. The van der Waals surface area contributed by atoms with Crippen molar-refractivity contribution >= 4 is 35.1 Å². The van der Waals surface area contributed by atoms with Crippen molar-refractivity contribution in [3.63, 3.8) is 0 Å². The SMILES string of the molecule is CCOC(=O)c1[nH]c(C)c(C(=O)OCC(=O)Nc2ccc(Cl)cc2C(F)(F)F)c1C. The number of H-pyrrole nitrogens is 1. The Morgan fingerprint density at radius 2 is 1.80 bits per heavy atom. The van der Waals surface area contributed by atoms with Gasteiger partial charge in [-0.15, -0.1) is 0 Å². The Labute approximate surface area is 174 Å². The van der Waals surface area contributed by atoms with Crippen LogP contribution in [0.3, 0.4) is 0 Å². The summed E-state index contributed by atoms with van der Waals surface area (Å²) in [6.45, 7) is 3.95. The van der Waals surface area contributed by atoms with Gasteiger partial charge in [0.25, 0.3) is 5.91 Å². The highest BCUT2D eigenvalue weighted by Gasteiger charge is 2.34. The summed E-state index contributed by atoms with van der Waals surface area (Å²) >= 11 is 5.59. The fraction of sp³-hybridized carbons (Fsp3) is 0.316. The first kappa shape index (κ1) is 23.3. The monoisotopic (exact) mass is 446 g/mol. The van der Waals surface area contributed by atoms with Crippen LogP contribution in [0, 0.1) is 13.8 Å². The molecule has 0 unspecified atom stereocenters. The Kier molecular flexibility index (Phi) is 7.14. The van der Waals surface area contributed by atoms with Crippen LogP contribution in [-0.4, -0.2) is 36.0 Å². The molecule has 7 nitrogen and oxygen atoms in total. The van der Waals surface area contributed by atoms with E-state index in [1.165, 1.54) is 19.9 Å². The van der Waals surface area contributed by atoms with E-state index in [0.717, 1.165) is 6.07 Å². The van der Waals surface area contributed by atoms with E-state index in [2.05, 4.69) is 4.98 Å². The molecule has 0 aliphatic heterocycles. The maximum Gasteiger partial charge on any atom is 0.418 e. The van der Waals surface area contributed by atoms with Gasteiger partial charge in [0.05, 0.1) is 23.4 Å². The van der Waals surface area contributed by atoms with Gasteiger partial charge >= 0.3 is 18.1 Å². The number of anilines is 1. The highest BCUT2D eigenvalue weighted by Crippen LogP contribution is 2.36. The number of carbonyl (C=O) groups excluding carboxylic acids is 3. The topological polar surface area (TPSA) is 97.5 Å². The standard InChI is InChI=1S/C19H18ClF3N2O5/c1-4-29-18(28)16-9(2)15(10(3)24-16)17(27)30-8-14(26)25-13-6-5-11(20)7-12(13)19(21,22)23/h5-7,24H,4,8H2,1-3H3,(H,25,26). The largest absolute Gasteiger partial charge is 0.461 e. The van der Waals surface area contributed by atoms with E-state index in [9.17, 15) is 27.6 Å². The number of aryl methyl sites for hydroxylation is 1. The maximum atomic E-state index is 13.1. The van der Waals surface area contributed by atoms with Crippen LogP contribution in [0.25, 0.3) is 0 Å². The van der Waals surface area contributed by atoms with Crippen molar-refractivity contribution < 1.29 is 37.0 Å². The molecule has 2 aromatic rings. The van der Waals surface area contributed by atoms with Crippen molar-refractivity contribution in [2.24, 2.45) is 0 Å². The van der Waals surface area contributed by atoms with Crippen molar-refractivity contribution in [2.75, 3.05) is 18.5 Å². The van der Waals surface area contributed by atoms with Crippen molar-refractivity contribution in [1.82, 2.24) is 4.98 Å². The van der Waals surface area contributed by atoms with E-state index >= 15 is 0 Å². The number of nitrogens with one attached hydrogen (secondary N) is 2. The van der Waals surface area contributed by atoms with Gasteiger partial charge in [0.1, 0.15) is 5.69 Å². The summed E-state index contributed by atoms with van der Waals surface area (Å²) in [5, 5.41) is 1.89. The summed E-state index contributed by atoms with van der Waals surface area (Å²) in [6.07, 6.45) is -4.74. The Hall–Kier alpha value is -3.01. The number of alkyl halides is 3. The zero-order valence-corrected chi connectivity index (χ0v) is 17.0. The highest BCUT2D eigenvalue weighted by molar-refractivity contribution is 6.30. The molecule has 0 aliphatic rings. The number of aromatic nitrogens is 1. The minimum atomic E-state index is -4.74. The van der Waals surface area contributed by atoms with Crippen LogP contribution in [0.1, 0.15) is 44.6 Å². The van der Waals surface area contributed by atoms with E-state index < -0.39 is 41.9 Å². The zero-order chi connectivity index (χ0) is 22.6. The summed E-state index contributed by atoms with van der Waals surface area (Å²) in [7, 11) is 0. The molecule has 0 atom stereocenters. The average molecular weight is 447 g/mol. The summed E-state index contributed by atoms with van der Waals surface area (Å²) in [5.74, 6) is -2.55. The molecular formula is C19H18ClF3N2O5. The second-order valence-corrected chi connectivity index (χ2v) is 6.59. The molecule has 162 valence electrons. The third-order valence-electron chi connectivity index (χ3n) is 4.02. The van der Waals surface area contributed by atoms with Crippen LogP contribution in [-0.2, 0) is 20.4 Å². The average Bonchev–Trinajstić information content (AvgIpc) is 2.95. The molecule has 0 saturated heterocycles. The fourth-order valence-corrected chi connectivity index (χ4v) is 2.89. The summed E-state index contributed by atoms with van der Waals surface area (Å²) in [5.41, 5.74) is -0.959. The number of amides is 1. The van der Waals surface area contributed by atoms with Crippen LogP contribution >= 0.6 is 11.6 Å². The van der Waals surface area contributed by atoms with Crippen LogP contribution in [0.4, 0.5) is 18.9 Å². The molecule has 30 heavy (non-hydrogen) atoms. The number of hydrogen-bond donors (Lipinski definition) is 2. The second kappa shape index (κ2) is 9.21. The number of ether oxygens (including phenoxy) is 2. The third-order valence-corrected chi connectivity index (χ3v) is 4.25. The van der Waals surface area contributed by atoms with Crippen LogP contribution in [0.5, 0.6) is 0 Å². The molecule has 1 heterocycles. The molecule has 2 rings (SSSR count). The smallest absolute Gasteiger partial charge is 0.418 e. The maximum absolute atomic E-state index is 13.1. The molecule has 1 aromatic carbocycles.